The quantitative estimate of drug-likeness (QED) is 0.712. The van der Waals surface area contributed by atoms with Crippen LogP contribution in [0.1, 0.15) is 6.92 Å². The van der Waals surface area contributed by atoms with Crippen LogP contribution >= 0.6 is 0 Å². The van der Waals surface area contributed by atoms with Crippen molar-refractivity contribution in [2.45, 2.75) is 13.7 Å². The summed E-state index contributed by atoms with van der Waals surface area (Å²) in [6.45, 7) is 3.33. The molecule has 0 spiro atoms. The van der Waals surface area contributed by atoms with Crippen LogP contribution in [0.5, 0.6) is 0 Å². The highest BCUT2D eigenvalue weighted by molar-refractivity contribution is 7.79. The highest BCUT2D eigenvalue weighted by Gasteiger charge is 1.85. The highest BCUT2D eigenvalue weighted by atomic mass is 32.3. The lowest BCUT2D eigenvalue weighted by molar-refractivity contribution is 0.0878. The second-order valence-electron chi connectivity index (χ2n) is 2.15. The largest absolute Gasteiger partial charge is 0.394 e. The molecule has 0 amide bonds. The van der Waals surface area contributed by atoms with Crippen molar-refractivity contribution >= 4 is 10.4 Å². The summed E-state index contributed by atoms with van der Waals surface area (Å²) < 4.78 is 38.6. The van der Waals surface area contributed by atoms with Crippen LogP contribution in [0.3, 0.4) is 0 Å². The van der Waals surface area contributed by atoms with Crippen LogP contribution in [0, 0.1) is 0 Å². The van der Waals surface area contributed by atoms with Crippen molar-refractivity contribution in [3.05, 3.63) is 18.7 Å². The van der Waals surface area contributed by atoms with Gasteiger partial charge < -0.3 is 9.30 Å². The first kappa shape index (κ1) is 13.0. The van der Waals surface area contributed by atoms with Gasteiger partial charge in [0.05, 0.1) is 6.33 Å². The summed E-state index contributed by atoms with van der Waals surface area (Å²) in [5.74, 6) is 0. The van der Waals surface area contributed by atoms with Crippen LogP contribution in [0.4, 0.5) is 0 Å². The molecule has 14 heavy (non-hydrogen) atoms. The summed E-state index contributed by atoms with van der Waals surface area (Å²) in [6.07, 6.45) is 5.34. The summed E-state index contributed by atoms with van der Waals surface area (Å²) in [4.78, 5) is 3.86. The highest BCUT2D eigenvalue weighted by Crippen LogP contribution is 1.85. The minimum Gasteiger partial charge on any atom is -0.361 e. The van der Waals surface area contributed by atoms with Crippen molar-refractivity contribution in [2.24, 2.45) is 0 Å². The van der Waals surface area contributed by atoms with E-state index in [2.05, 4.69) is 4.98 Å². The maximum Gasteiger partial charge on any atom is 0.394 e. The summed E-state index contributed by atoms with van der Waals surface area (Å²) in [7, 11) is -4.67. The Morgan fingerprint density at radius 2 is 2.07 bits per heavy atom. The van der Waals surface area contributed by atoms with E-state index < -0.39 is 10.4 Å². The van der Waals surface area contributed by atoms with Crippen molar-refractivity contribution in [2.75, 3.05) is 6.61 Å². The molecule has 8 heteroatoms. The first-order valence-electron chi connectivity index (χ1n) is 3.67. The average molecular weight is 224 g/mol. The van der Waals surface area contributed by atoms with Gasteiger partial charge in [0.25, 0.3) is 0 Å². The number of rotatable bonds is 3. The number of hydrogen-bond donors (Lipinski definition) is 2. The van der Waals surface area contributed by atoms with Gasteiger partial charge in [0.2, 0.25) is 0 Å². The van der Waals surface area contributed by atoms with Gasteiger partial charge in [-0.2, -0.15) is 8.42 Å². The molecule has 0 aliphatic heterocycles. The Hall–Kier alpha value is -0.960. The first-order valence-corrected chi connectivity index (χ1v) is 5.06. The van der Waals surface area contributed by atoms with E-state index >= 15 is 0 Å². The fourth-order valence-corrected chi connectivity index (χ4v) is 0.560. The molecular formula is C6H12N2O5S. The topological polar surface area (TPSA) is 102 Å². The fraction of sp³-hybridized carbons (Fsp3) is 0.500. The fourth-order valence-electron chi connectivity index (χ4n) is 0.560. The third kappa shape index (κ3) is 11.0. The number of ether oxygens (including phenoxy) is 1. The van der Waals surface area contributed by atoms with E-state index in [4.69, 9.17) is 22.3 Å². The maximum absolute atomic E-state index is 8.74. The second kappa shape index (κ2) is 6.49. The van der Waals surface area contributed by atoms with Crippen molar-refractivity contribution in [3.8, 4) is 0 Å². The van der Waals surface area contributed by atoms with Gasteiger partial charge in [-0.05, 0) is 6.92 Å². The van der Waals surface area contributed by atoms with Gasteiger partial charge in [-0.15, -0.1) is 0 Å². The lowest BCUT2D eigenvalue weighted by Gasteiger charge is -1.99. The van der Waals surface area contributed by atoms with Gasteiger partial charge in [0.15, 0.2) is 0 Å². The van der Waals surface area contributed by atoms with E-state index in [-0.39, 0.29) is 0 Å². The van der Waals surface area contributed by atoms with Crippen molar-refractivity contribution in [1.82, 2.24) is 9.55 Å². The third-order valence-corrected chi connectivity index (χ3v) is 1.00. The molecule has 0 atom stereocenters. The minimum atomic E-state index is -4.67. The zero-order valence-electron chi connectivity index (χ0n) is 7.57. The van der Waals surface area contributed by atoms with Crippen LogP contribution < -0.4 is 0 Å². The zero-order valence-corrected chi connectivity index (χ0v) is 8.38. The minimum absolute atomic E-state index is 0.608. The molecule has 2 N–H and O–H groups in total. The number of imidazole rings is 1. The number of nitrogens with zero attached hydrogens (tertiary/aromatic N) is 2. The Balaban J connectivity index is 0.000000292. The molecular weight excluding hydrogens is 212 g/mol. The van der Waals surface area contributed by atoms with Crippen LogP contribution in [0.2, 0.25) is 0 Å². The third-order valence-electron chi connectivity index (χ3n) is 1.00. The van der Waals surface area contributed by atoms with Gasteiger partial charge in [-0.3, -0.25) is 9.11 Å². The van der Waals surface area contributed by atoms with E-state index in [1.54, 1.807) is 12.5 Å². The molecule has 1 heterocycles. The van der Waals surface area contributed by atoms with E-state index in [0.29, 0.717) is 6.73 Å². The van der Waals surface area contributed by atoms with Gasteiger partial charge in [0.1, 0.15) is 6.73 Å². The maximum atomic E-state index is 8.74. The Kier molecular flexibility index (Phi) is 6.04. The van der Waals surface area contributed by atoms with Crippen LogP contribution in [-0.2, 0) is 21.9 Å². The standard InChI is InChI=1S/C6H10N2O.H2O4S/c1-2-9-6-8-4-3-7-5-8;1-5(2,3)4/h3-5H,2,6H2,1H3;(H2,1,2,3,4). The Bertz CT molecular complexity index is 312. The zero-order chi connectivity index (χ0) is 11.0. The monoisotopic (exact) mass is 224 g/mol. The normalized spacial score (nSPS) is 10.5. The van der Waals surface area contributed by atoms with E-state index in [0.717, 1.165) is 6.61 Å². The molecule has 0 aromatic carbocycles. The SMILES string of the molecule is CCOCn1ccnc1.O=S(=O)(O)O. The molecule has 0 saturated carbocycles. The molecule has 82 valence electrons. The molecule has 0 aliphatic carbocycles. The lowest BCUT2D eigenvalue weighted by Crippen LogP contribution is -1.98. The van der Waals surface area contributed by atoms with Gasteiger partial charge in [-0.25, -0.2) is 4.98 Å². The molecule has 0 bridgehead atoms. The molecule has 0 radical (unpaired) electrons. The molecule has 0 unspecified atom stereocenters. The molecule has 1 aromatic rings. The van der Waals surface area contributed by atoms with Crippen molar-refractivity contribution in [3.63, 3.8) is 0 Å². The van der Waals surface area contributed by atoms with Gasteiger partial charge >= 0.3 is 10.4 Å². The predicted molar refractivity (Wildman–Crippen MR) is 48.0 cm³/mol. The van der Waals surface area contributed by atoms with Crippen LogP contribution in [0.15, 0.2) is 18.7 Å². The first-order chi connectivity index (χ1) is 6.43. The predicted octanol–water partition coefficient (Wildman–Crippen LogP) is 0.224. The van der Waals surface area contributed by atoms with Crippen molar-refractivity contribution < 1.29 is 22.3 Å². The second-order valence-corrected chi connectivity index (χ2v) is 3.04. The summed E-state index contributed by atoms with van der Waals surface area (Å²) in [6, 6.07) is 0. The summed E-state index contributed by atoms with van der Waals surface area (Å²) in [5.41, 5.74) is 0. The van der Waals surface area contributed by atoms with Crippen LogP contribution in [0.25, 0.3) is 0 Å². The molecule has 7 nitrogen and oxygen atoms in total. The van der Waals surface area contributed by atoms with Crippen molar-refractivity contribution in [1.29, 1.82) is 0 Å². The summed E-state index contributed by atoms with van der Waals surface area (Å²) >= 11 is 0. The molecule has 0 aliphatic rings. The molecule has 0 fully saturated rings. The molecule has 0 saturated heterocycles. The van der Waals surface area contributed by atoms with E-state index in [1.807, 2.05) is 17.7 Å². The number of hydrogen-bond acceptors (Lipinski definition) is 4. The molecule has 1 rings (SSSR count). The summed E-state index contributed by atoms with van der Waals surface area (Å²) in [5, 5.41) is 0. The lowest BCUT2D eigenvalue weighted by atomic mass is 10.8. The Morgan fingerprint density at radius 3 is 2.43 bits per heavy atom. The number of aromatic nitrogens is 2. The van der Waals surface area contributed by atoms with Gasteiger partial charge in [0, 0.05) is 19.0 Å². The average Bonchev–Trinajstić information content (AvgIpc) is 2.49. The smallest absolute Gasteiger partial charge is 0.361 e. The van der Waals surface area contributed by atoms with Crippen LogP contribution in [-0.4, -0.2) is 33.7 Å². The van der Waals surface area contributed by atoms with E-state index in [9.17, 15) is 0 Å². The molecule has 1 aromatic heterocycles. The Labute approximate surface area is 81.9 Å². The Morgan fingerprint density at radius 1 is 1.50 bits per heavy atom. The van der Waals surface area contributed by atoms with E-state index in [1.165, 1.54) is 0 Å². The van der Waals surface area contributed by atoms with Gasteiger partial charge in [-0.1, -0.05) is 0 Å².